The van der Waals surface area contributed by atoms with Crippen LogP contribution in [-0.4, -0.2) is 40.9 Å². The van der Waals surface area contributed by atoms with E-state index in [4.69, 9.17) is 5.73 Å². The molecule has 0 atom stereocenters. The number of carbonyl (C=O) groups is 2. The zero-order valence-electron chi connectivity index (χ0n) is 10.9. The molecule has 8 heteroatoms. The average molecular weight is 276 g/mol. The maximum Gasteiger partial charge on any atom is 0.360 e. The van der Waals surface area contributed by atoms with Crippen molar-refractivity contribution in [3.8, 4) is 5.82 Å². The minimum atomic E-state index is -0.648. The number of nitrogens with two attached hydrogens (primary N) is 1. The molecule has 0 aromatic carbocycles. The minimum Gasteiger partial charge on any atom is -0.465 e. The molecule has 2 rings (SSSR count). The second-order valence-corrected chi connectivity index (χ2v) is 3.76. The van der Waals surface area contributed by atoms with Gasteiger partial charge in [-0.1, -0.05) is 0 Å². The molecule has 0 unspecified atom stereocenters. The Morgan fingerprint density at radius 2 is 1.95 bits per heavy atom. The van der Waals surface area contributed by atoms with Gasteiger partial charge in [0.25, 0.3) is 0 Å². The average Bonchev–Trinajstić information content (AvgIpc) is 2.87. The molecule has 0 saturated carbocycles. The highest BCUT2D eigenvalue weighted by Crippen LogP contribution is 2.14. The first-order chi connectivity index (χ1) is 9.56. The smallest absolute Gasteiger partial charge is 0.360 e. The van der Waals surface area contributed by atoms with Crippen molar-refractivity contribution >= 4 is 17.6 Å². The molecule has 0 aliphatic rings. The number of carbonyl (C=O) groups excluding carboxylic acids is 2. The van der Waals surface area contributed by atoms with Crippen LogP contribution in [0.5, 0.6) is 0 Å². The molecule has 8 nitrogen and oxygen atoms in total. The predicted molar refractivity (Wildman–Crippen MR) is 68.5 cm³/mol. The largest absolute Gasteiger partial charge is 0.465 e. The zero-order valence-corrected chi connectivity index (χ0v) is 10.9. The van der Waals surface area contributed by atoms with Gasteiger partial charge in [-0.25, -0.2) is 19.3 Å². The molecule has 0 aliphatic heterocycles. The molecular weight excluding hydrogens is 264 g/mol. The Balaban J connectivity index is 2.42. The van der Waals surface area contributed by atoms with E-state index in [0.29, 0.717) is 11.4 Å². The summed E-state index contributed by atoms with van der Waals surface area (Å²) in [5.41, 5.74) is 6.13. The highest BCUT2D eigenvalue weighted by Gasteiger charge is 2.17. The number of anilines is 1. The van der Waals surface area contributed by atoms with Crippen molar-refractivity contribution in [3.05, 3.63) is 35.8 Å². The maximum absolute atomic E-state index is 11.4. The van der Waals surface area contributed by atoms with Crippen molar-refractivity contribution in [1.29, 1.82) is 0 Å². The zero-order chi connectivity index (χ0) is 14.7. The number of rotatable bonds is 3. The summed E-state index contributed by atoms with van der Waals surface area (Å²) in [4.78, 5) is 26.9. The van der Waals surface area contributed by atoms with Gasteiger partial charge in [-0.15, -0.1) is 0 Å². The molecule has 2 heterocycles. The molecule has 0 radical (unpaired) electrons. The minimum absolute atomic E-state index is 0.0160. The third-order valence-electron chi connectivity index (χ3n) is 2.52. The summed E-state index contributed by atoms with van der Waals surface area (Å²) in [6, 6.07) is 2.97. The van der Waals surface area contributed by atoms with Gasteiger partial charge in [-0.3, -0.25) is 0 Å². The fourth-order valence-electron chi connectivity index (χ4n) is 1.55. The van der Waals surface area contributed by atoms with Crippen LogP contribution in [0.4, 0.5) is 5.69 Å². The molecule has 2 aromatic rings. The fraction of sp³-hybridized carbons (Fsp3) is 0.167. The van der Waals surface area contributed by atoms with Gasteiger partial charge in [0.05, 0.1) is 31.7 Å². The summed E-state index contributed by atoms with van der Waals surface area (Å²) in [6.45, 7) is 0. The first kappa shape index (κ1) is 13.5. The first-order valence-electron chi connectivity index (χ1n) is 5.55. The highest BCUT2D eigenvalue weighted by molar-refractivity contribution is 5.92. The summed E-state index contributed by atoms with van der Waals surface area (Å²) in [5.74, 6) is -0.818. The van der Waals surface area contributed by atoms with Gasteiger partial charge in [-0.05, 0) is 12.1 Å². The van der Waals surface area contributed by atoms with E-state index < -0.39 is 11.9 Å². The summed E-state index contributed by atoms with van der Waals surface area (Å²) >= 11 is 0. The number of hydrogen-bond acceptors (Lipinski definition) is 7. The predicted octanol–water partition coefficient (Wildman–Crippen LogP) is 0.423. The third kappa shape index (κ3) is 2.44. The van der Waals surface area contributed by atoms with Gasteiger partial charge in [0, 0.05) is 6.20 Å². The Labute approximate surface area is 114 Å². The molecule has 104 valence electrons. The fourth-order valence-corrected chi connectivity index (χ4v) is 1.55. The molecule has 20 heavy (non-hydrogen) atoms. The van der Waals surface area contributed by atoms with E-state index >= 15 is 0 Å². The summed E-state index contributed by atoms with van der Waals surface area (Å²) in [6.07, 6.45) is 2.84. The maximum atomic E-state index is 11.4. The monoisotopic (exact) mass is 276 g/mol. The van der Waals surface area contributed by atoms with Crippen LogP contribution in [0, 0.1) is 0 Å². The van der Waals surface area contributed by atoms with Gasteiger partial charge < -0.3 is 15.2 Å². The topological polar surface area (TPSA) is 109 Å². The normalized spacial score (nSPS) is 10.1. The van der Waals surface area contributed by atoms with E-state index in [1.54, 1.807) is 0 Å². The van der Waals surface area contributed by atoms with Crippen molar-refractivity contribution in [2.75, 3.05) is 20.0 Å². The van der Waals surface area contributed by atoms with E-state index in [-0.39, 0.29) is 11.4 Å². The Morgan fingerprint density at radius 1 is 1.25 bits per heavy atom. The van der Waals surface area contributed by atoms with Gasteiger partial charge in [-0.2, -0.15) is 5.10 Å². The van der Waals surface area contributed by atoms with Crippen LogP contribution in [-0.2, 0) is 9.47 Å². The summed E-state index contributed by atoms with van der Waals surface area (Å²) < 4.78 is 10.5. The number of hydrogen-bond donors (Lipinski definition) is 1. The number of aromatic nitrogens is 3. The number of methoxy groups -OCH3 is 2. The SMILES string of the molecule is COC(=O)c1ccnc(-n2cc(N)c(C(=O)OC)n2)c1. The second-order valence-electron chi connectivity index (χ2n) is 3.76. The highest BCUT2D eigenvalue weighted by atomic mass is 16.5. The number of esters is 2. The second kappa shape index (κ2) is 5.39. The number of ether oxygens (including phenoxy) is 2. The van der Waals surface area contributed by atoms with Crippen molar-refractivity contribution in [1.82, 2.24) is 14.8 Å². The molecule has 2 aromatic heterocycles. The van der Waals surface area contributed by atoms with E-state index in [1.165, 1.54) is 43.4 Å². The van der Waals surface area contributed by atoms with Crippen molar-refractivity contribution < 1.29 is 19.1 Å². The van der Waals surface area contributed by atoms with E-state index in [2.05, 4.69) is 19.6 Å². The lowest BCUT2D eigenvalue weighted by atomic mass is 10.2. The van der Waals surface area contributed by atoms with Crippen molar-refractivity contribution in [3.63, 3.8) is 0 Å². The molecule has 0 bridgehead atoms. The first-order valence-corrected chi connectivity index (χ1v) is 5.55. The molecule has 0 saturated heterocycles. The van der Waals surface area contributed by atoms with Gasteiger partial charge in [0.2, 0.25) is 0 Å². The van der Waals surface area contributed by atoms with Crippen LogP contribution in [0.3, 0.4) is 0 Å². The lowest BCUT2D eigenvalue weighted by Crippen LogP contribution is -2.07. The van der Waals surface area contributed by atoms with Crippen LogP contribution >= 0.6 is 0 Å². The van der Waals surface area contributed by atoms with E-state index in [9.17, 15) is 9.59 Å². The number of nitrogens with zero attached hydrogens (tertiary/aromatic N) is 3. The number of nitrogen functional groups attached to an aromatic ring is 1. The quantitative estimate of drug-likeness (QED) is 0.809. The van der Waals surface area contributed by atoms with E-state index in [1.807, 2.05) is 0 Å². The number of pyridine rings is 1. The lowest BCUT2D eigenvalue weighted by Gasteiger charge is -2.02. The Bertz CT molecular complexity index is 665. The Hall–Kier alpha value is -2.90. The van der Waals surface area contributed by atoms with Crippen molar-refractivity contribution in [2.45, 2.75) is 0 Å². The van der Waals surface area contributed by atoms with Crippen LogP contribution in [0.2, 0.25) is 0 Å². The van der Waals surface area contributed by atoms with Crippen LogP contribution in [0.25, 0.3) is 5.82 Å². The molecule has 0 spiro atoms. The Morgan fingerprint density at radius 3 is 2.60 bits per heavy atom. The summed E-state index contributed by atoms with van der Waals surface area (Å²) in [7, 11) is 2.51. The molecular formula is C12H12N4O4. The van der Waals surface area contributed by atoms with Gasteiger partial charge in [0.1, 0.15) is 0 Å². The lowest BCUT2D eigenvalue weighted by molar-refractivity contribution is 0.0587. The molecule has 0 fully saturated rings. The van der Waals surface area contributed by atoms with Crippen LogP contribution < -0.4 is 5.73 Å². The standard InChI is InChI=1S/C12H12N4O4/c1-19-11(17)7-3-4-14-9(5-7)16-6-8(13)10(15-16)12(18)20-2/h3-6H,13H2,1-2H3. The molecule has 2 N–H and O–H groups in total. The third-order valence-corrected chi connectivity index (χ3v) is 2.52. The van der Waals surface area contributed by atoms with Gasteiger partial charge in [0.15, 0.2) is 11.5 Å². The van der Waals surface area contributed by atoms with Crippen molar-refractivity contribution in [2.24, 2.45) is 0 Å². The van der Waals surface area contributed by atoms with Crippen LogP contribution in [0.1, 0.15) is 20.8 Å². The van der Waals surface area contributed by atoms with E-state index in [0.717, 1.165) is 0 Å². The molecule has 0 amide bonds. The van der Waals surface area contributed by atoms with Crippen LogP contribution in [0.15, 0.2) is 24.5 Å². The summed E-state index contributed by atoms with van der Waals surface area (Å²) in [5, 5.41) is 3.98. The Kier molecular flexibility index (Phi) is 3.65. The van der Waals surface area contributed by atoms with Gasteiger partial charge >= 0.3 is 11.9 Å². The molecule has 0 aliphatic carbocycles.